The highest BCUT2D eigenvalue weighted by Gasteiger charge is 2.02. The van der Waals surface area contributed by atoms with E-state index in [-0.39, 0.29) is 28.2 Å². The first-order valence-electron chi connectivity index (χ1n) is 2.64. The summed E-state index contributed by atoms with van der Waals surface area (Å²) < 4.78 is 5.30. The minimum absolute atomic E-state index is 0. The highest BCUT2D eigenvalue weighted by molar-refractivity contribution is 7.10. The molecule has 48 valence electrons. The van der Waals surface area contributed by atoms with Gasteiger partial charge in [-0.3, -0.25) is 0 Å². The molecule has 1 saturated heterocycles. The third-order valence-corrected chi connectivity index (χ3v) is 5.98. The van der Waals surface area contributed by atoms with E-state index in [2.05, 4.69) is 6.17 Å². The standard InChI is InChI=1S/C4H10OSi2.H4Si/c1-7-4-2-3-5-6-7;/h1-4,6H2;1H4. The molecule has 0 aliphatic carbocycles. The lowest BCUT2D eigenvalue weighted by Crippen LogP contribution is -2.21. The lowest BCUT2D eigenvalue weighted by atomic mass is 10.5. The van der Waals surface area contributed by atoms with E-state index in [4.69, 9.17) is 4.43 Å². The van der Waals surface area contributed by atoms with Crippen molar-refractivity contribution in [2.24, 2.45) is 0 Å². The highest BCUT2D eigenvalue weighted by atomic mass is 29.2. The number of hydrogen-bond acceptors (Lipinski definition) is 1. The molecule has 1 rings (SSSR count). The van der Waals surface area contributed by atoms with Crippen LogP contribution in [-0.2, 0) is 4.43 Å². The molecule has 0 aromatic heterocycles. The van der Waals surface area contributed by atoms with Gasteiger partial charge in [-0.25, -0.2) is 0 Å². The second-order valence-corrected chi connectivity index (χ2v) is 8.47. The van der Waals surface area contributed by atoms with Gasteiger partial charge in [-0.15, -0.1) is 6.17 Å². The summed E-state index contributed by atoms with van der Waals surface area (Å²) in [6.07, 6.45) is 5.32. The quantitative estimate of drug-likeness (QED) is 0.376. The average molecular weight is 162 g/mol. The average Bonchev–Trinajstić information content (AvgIpc) is 1.69. The minimum atomic E-state index is -0.126. The van der Waals surface area contributed by atoms with E-state index < -0.39 is 0 Å². The molecule has 0 bridgehead atoms. The van der Waals surface area contributed by atoms with Crippen LogP contribution >= 0.6 is 0 Å². The van der Waals surface area contributed by atoms with Crippen LogP contribution in [0.1, 0.15) is 6.42 Å². The second kappa shape index (κ2) is 4.37. The molecule has 0 unspecified atom stereocenters. The summed E-state index contributed by atoms with van der Waals surface area (Å²) in [4.78, 5) is 0. The molecule has 0 spiro atoms. The van der Waals surface area contributed by atoms with Gasteiger partial charge < -0.3 is 4.43 Å². The van der Waals surface area contributed by atoms with E-state index in [1.807, 2.05) is 0 Å². The monoisotopic (exact) mass is 162 g/mol. The van der Waals surface area contributed by atoms with Gasteiger partial charge in [0.1, 0.15) is 0 Å². The smallest absolute Gasteiger partial charge is 0.166 e. The van der Waals surface area contributed by atoms with E-state index in [0.29, 0.717) is 0 Å². The molecule has 8 heavy (non-hydrogen) atoms. The molecule has 0 amide bonds. The summed E-state index contributed by atoms with van der Waals surface area (Å²) in [6.45, 7) is 1.04. The van der Waals surface area contributed by atoms with Crippen molar-refractivity contribution in [1.29, 1.82) is 0 Å². The lowest BCUT2D eigenvalue weighted by Gasteiger charge is -2.10. The summed E-state index contributed by atoms with van der Waals surface area (Å²) in [5.41, 5.74) is 0. The van der Waals surface area contributed by atoms with Crippen molar-refractivity contribution in [2.75, 3.05) is 6.61 Å². The predicted octanol–water partition coefficient (Wildman–Crippen LogP) is -1.96. The van der Waals surface area contributed by atoms with Crippen LogP contribution in [0.2, 0.25) is 6.04 Å². The second-order valence-electron chi connectivity index (χ2n) is 1.91. The molecule has 1 fully saturated rings. The van der Waals surface area contributed by atoms with Crippen molar-refractivity contribution in [1.82, 2.24) is 0 Å². The number of hydrogen-bond donors (Lipinski definition) is 0. The molecule has 0 aromatic rings. The van der Waals surface area contributed by atoms with Crippen LogP contribution < -0.4 is 0 Å². The van der Waals surface area contributed by atoms with Crippen molar-refractivity contribution < 1.29 is 4.43 Å². The van der Waals surface area contributed by atoms with Crippen molar-refractivity contribution in [3.05, 3.63) is 0 Å². The maximum absolute atomic E-state index is 5.30. The molecule has 0 atom stereocenters. The lowest BCUT2D eigenvalue weighted by molar-refractivity contribution is 0.336. The Morgan fingerprint density at radius 1 is 1.62 bits per heavy atom. The van der Waals surface area contributed by atoms with Gasteiger partial charge in [0.05, 0.1) is 0 Å². The van der Waals surface area contributed by atoms with Crippen LogP contribution in [-0.4, -0.2) is 41.0 Å². The Balaban J connectivity index is 0.000000490. The molecule has 1 heterocycles. The normalized spacial score (nSPS) is 22.8. The zero-order chi connectivity index (χ0) is 5.11. The molecular weight excluding hydrogens is 148 g/mol. The number of rotatable bonds is 0. The van der Waals surface area contributed by atoms with Gasteiger partial charge in [-0.1, -0.05) is 0 Å². The molecule has 1 aliphatic rings. The van der Waals surface area contributed by atoms with Crippen molar-refractivity contribution in [3.8, 4) is 0 Å². The first-order valence-corrected chi connectivity index (χ1v) is 7.46. The van der Waals surface area contributed by atoms with Crippen LogP contribution in [0.25, 0.3) is 0 Å². The first-order chi connectivity index (χ1) is 3.39. The largest absolute Gasteiger partial charge is 0.424 e. The van der Waals surface area contributed by atoms with Crippen LogP contribution in [0, 0.1) is 0 Å². The maximum atomic E-state index is 5.30. The zero-order valence-corrected chi connectivity index (χ0v) is 6.86. The molecule has 4 heteroatoms. The van der Waals surface area contributed by atoms with Crippen LogP contribution in [0.15, 0.2) is 0 Å². The SMILES string of the molecule is C=[Si]1CCCO[SiH2]1.[SiH4]. The Morgan fingerprint density at radius 3 is 2.62 bits per heavy atom. The van der Waals surface area contributed by atoms with Gasteiger partial charge in [-0.05, 0) is 23.4 Å². The maximum Gasteiger partial charge on any atom is 0.166 e. The van der Waals surface area contributed by atoms with Gasteiger partial charge in [0.2, 0.25) is 0 Å². The van der Waals surface area contributed by atoms with E-state index in [1.54, 1.807) is 0 Å². The Morgan fingerprint density at radius 2 is 2.38 bits per heavy atom. The highest BCUT2D eigenvalue weighted by Crippen LogP contribution is 1.96. The Labute approximate surface area is 58.4 Å². The fraction of sp³-hybridized carbons (Fsp3) is 0.750. The van der Waals surface area contributed by atoms with E-state index >= 15 is 0 Å². The van der Waals surface area contributed by atoms with E-state index in [1.165, 1.54) is 12.5 Å². The first kappa shape index (κ1) is 8.48. The van der Waals surface area contributed by atoms with Crippen LogP contribution in [0.5, 0.6) is 0 Å². The summed E-state index contributed by atoms with van der Waals surface area (Å²) >= 11 is 0. The third-order valence-electron chi connectivity index (χ3n) is 1.13. The predicted molar refractivity (Wildman–Crippen MR) is 48.1 cm³/mol. The Bertz CT molecular complexity index is 75.4. The topological polar surface area (TPSA) is 9.23 Å². The summed E-state index contributed by atoms with van der Waals surface area (Å²) in [5, 5.41) is 0. The molecule has 0 N–H and O–H groups in total. The zero-order valence-electron chi connectivity index (χ0n) is 4.44. The fourth-order valence-electron chi connectivity index (χ4n) is 0.713. The fourth-order valence-corrected chi connectivity index (χ4v) is 4.62. The molecule has 0 aromatic carbocycles. The van der Waals surface area contributed by atoms with Gasteiger partial charge in [0, 0.05) is 14.5 Å². The third kappa shape index (κ3) is 2.71. The Hall–Kier alpha value is 0.481. The summed E-state index contributed by atoms with van der Waals surface area (Å²) in [5.74, 6) is 0. The van der Waals surface area contributed by atoms with E-state index in [9.17, 15) is 0 Å². The molecule has 0 saturated carbocycles. The van der Waals surface area contributed by atoms with Gasteiger partial charge in [-0.2, -0.15) is 0 Å². The Kier molecular flexibility index (Phi) is 4.63. The minimum Gasteiger partial charge on any atom is -0.424 e. The molecule has 1 aliphatic heterocycles. The molecule has 0 radical (unpaired) electrons. The summed E-state index contributed by atoms with van der Waals surface area (Å²) in [7, 11) is -0.203. The van der Waals surface area contributed by atoms with Crippen LogP contribution in [0.3, 0.4) is 0 Å². The van der Waals surface area contributed by atoms with Crippen molar-refractivity contribution in [3.63, 3.8) is 0 Å². The molecular formula is C4H14OSi3. The molecule has 1 nitrogen and oxygen atoms in total. The van der Waals surface area contributed by atoms with Crippen LogP contribution in [0.4, 0.5) is 0 Å². The van der Waals surface area contributed by atoms with Gasteiger partial charge in [0.25, 0.3) is 0 Å². The van der Waals surface area contributed by atoms with Gasteiger partial charge in [0.15, 0.2) is 9.28 Å². The van der Waals surface area contributed by atoms with Gasteiger partial charge >= 0.3 is 0 Å². The van der Waals surface area contributed by atoms with Crippen molar-refractivity contribution in [2.45, 2.75) is 12.5 Å². The van der Waals surface area contributed by atoms with Crippen molar-refractivity contribution >= 4 is 34.3 Å². The summed E-state index contributed by atoms with van der Waals surface area (Å²) in [6, 6.07) is 1.41. The van der Waals surface area contributed by atoms with E-state index in [0.717, 1.165) is 6.61 Å².